The van der Waals surface area contributed by atoms with E-state index in [-0.39, 0.29) is 24.5 Å². The van der Waals surface area contributed by atoms with Gasteiger partial charge in [0.25, 0.3) is 5.91 Å². The summed E-state index contributed by atoms with van der Waals surface area (Å²) in [5.74, 6) is 0.929. The molecule has 1 aliphatic heterocycles. The second kappa shape index (κ2) is 11.2. The van der Waals surface area contributed by atoms with Crippen LogP contribution < -0.4 is 10.1 Å². The molecule has 0 saturated carbocycles. The summed E-state index contributed by atoms with van der Waals surface area (Å²) in [4.78, 5) is 27.6. The summed E-state index contributed by atoms with van der Waals surface area (Å²) in [6.07, 6.45) is 1.33. The fourth-order valence-corrected chi connectivity index (χ4v) is 4.52. The Bertz CT molecular complexity index is 1160. The van der Waals surface area contributed by atoms with Gasteiger partial charge in [-0.15, -0.1) is 0 Å². The van der Waals surface area contributed by atoms with Crippen LogP contribution in [0, 0.1) is 12.8 Å². The highest BCUT2D eigenvalue weighted by Crippen LogP contribution is 2.38. The van der Waals surface area contributed by atoms with Crippen LogP contribution in [0.1, 0.15) is 54.1 Å². The molecule has 0 unspecified atom stereocenters. The first-order valence-corrected chi connectivity index (χ1v) is 12.3. The standard InChI is InChI=1S/C30H34N2O3/c1-21(2)17-29(34)32-16-15-24-13-14-26(18-27(24)30(32)25-11-9-22(3)10-12-25)35-20-28(33)31-19-23-7-5-4-6-8-23/h4-14,18,21,30H,15-17,19-20H2,1-3H3,(H,31,33)/t30-/m0/s1. The Labute approximate surface area is 208 Å². The molecule has 0 saturated heterocycles. The molecule has 0 aliphatic carbocycles. The van der Waals surface area contributed by atoms with Crippen molar-refractivity contribution in [2.24, 2.45) is 5.92 Å². The van der Waals surface area contributed by atoms with Crippen molar-refractivity contribution in [2.75, 3.05) is 13.2 Å². The van der Waals surface area contributed by atoms with Crippen LogP contribution in [0.5, 0.6) is 5.75 Å². The summed E-state index contributed by atoms with van der Waals surface area (Å²) in [7, 11) is 0. The van der Waals surface area contributed by atoms with Gasteiger partial charge < -0.3 is 15.0 Å². The lowest BCUT2D eigenvalue weighted by molar-refractivity contribution is -0.134. The fraction of sp³-hybridized carbons (Fsp3) is 0.333. The van der Waals surface area contributed by atoms with E-state index >= 15 is 0 Å². The van der Waals surface area contributed by atoms with Gasteiger partial charge in [-0.25, -0.2) is 0 Å². The van der Waals surface area contributed by atoms with E-state index in [9.17, 15) is 9.59 Å². The summed E-state index contributed by atoms with van der Waals surface area (Å²) >= 11 is 0. The maximum Gasteiger partial charge on any atom is 0.258 e. The quantitative estimate of drug-likeness (QED) is 0.492. The largest absolute Gasteiger partial charge is 0.484 e. The molecule has 5 heteroatoms. The van der Waals surface area contributed by atoms with Gasteiger partial charge in [-0.1, -0.05) is 80.1 Å². The number of carbonyl (C=O) groups excluding carboxylic acids is 2. The van der Waals surface area contributed by atoms with E-state index in [4.69, 9.17) is 4.74 Å². The summed E-state index contributed by atoms with van der Waals surface area (Å²) in [5.41, 5.74) is 5.60. The van der Waals surface area contributed by atoms with Crippen LogP contribution in [-0.4, -0.2) is 29.9 Å². The molecular formula is C30H34N2O3. The van der Waals surface area contributed by atoms with Crippen molar-refractivity contribution >= 4 is 11.8 Å². The van der Waals surface area contributed by atoms with Crippen molar-refractivity contribution < 1.29 is 14.3 Å². The zero-order chi connectivity index (χ0) is 24.8. The number of nitrogens with one attached hydrogen (secondary N) is 1. The van der Waals surface area contributed by atoms with E-state index in [1.165, 1.54) is 11.1 Å². The van der Waals surface area contributed by atoms with Gasteiger partial charge in [0, 0.05) is 19.5 Å². The zero-order valence-corrected chi connectivity index (χ0v) is 20.8. The molecule has 2 amide bonds. The van der Waals surface area contributed by atoms with Crippen molar-refractivity contribution in [2.45, 2.75) is 46.2 Å². The summed E-state index contributed by atoms with van der Waals surface area (Å²) in [6, 6.07) is 24.0. The Hall–Kier alpha value is -3.60. The predicted octanol–water partition coefficient (Wildman–Crippen LogP) is 5.21. The fourth-order valence-electron chi connectivity index (χ4n) is 4.52. The maximum absolute atomic E-state index is 13.2. The van der Waals surface area contributed by atoms with Crippen LogP contribution in [-0.2, 0) is 22.6 Å². The Balaban J connectivity index is 1.52. The van der Waals surface area contributed by atoms with Gasteiger partial charge in [-0.3, -0.25) is 9.59 Å². The van der Waals surface area contributed by atoms with Crippen LogP contribution in [0.3, 0.4) is 0 Å². The third kappa shape index (κ3) is 6.30. The minimum absolute atomic E-state index is 0.0587. The third-order valence-corrected chi connectivity index (χ3v) is 6.34. The Morgan fingerprint density at radius 1 is 1.03 bits per heavy atom. The molecule has 4 rings (SSSR count). The summed E-state index contributed by atoms with van der Waals surface area (Å²) in [6.45, 7) is 7.32. The summed E-state index contributed by atoms with van der Waals surface area (Å²) < 4.78 is 5.87. The topological polar surface area (TPSA) is 58.6 Å². The van der Waals surface area contributed by atoms with Crippen molar-refractivity contribution in [3.63, 3.8) is 0 Å². The van der Waals surface area contributed by atoms with Crippen molar-refractivity contribution in [3.05, 3.63) is 101 Å². The highest BCUT2D eigenvalue weighted by Gasteiger charge is 2.32. The monoisotopic (exact) mass is 470 g/mol. The van der Waals surface area contributed by atoms with Gasteiger partial charge >= 0.3 is 0 Å². The first kappa shape index (κ1) is 24.5. The number of carbonyl (C=O) groups is 2. The number of hydrogen-bond donors (Lipinski definition) is 1. The number of benzene rings is 3. The van der Waals surface area contributed by atoms with E-state index in [2.05, 4.69) is 56.4 Å². The number of nitrogens with zero attached hydrogens (tertiary/aromatic N) is 1. The molecular weight excluding hydrogens is 436 g/mol. The lowest BCUT2D eigenvalue weighted by Crippen LogP contribution is -2.41. The summed E-state index contributed by atoms with van der Waals surface area (Å²) in [5, 5.41) is 2.89. The van der Waals surface area contributed by atoms with Crippen molar-refractivity contribution in [1.29, 1.82) is 0 Å². The lowest BCUT2D eigenvalue weighted by atomic mass is 9.87. The molecule has 182 valence electrons. The molecule has 3 aromatic carbocycles. The second-order valence-corrected chi connectivity index (χ2v) is 9.66. The number of rotatable bonds is 8. The van der Waals surface area contributed by atoms with Gasteiger partial charge in [0.15, 0.2) is 6.61 Å². The average Bonchev–Trinajstić information content (AvgIpc) is 2.86. The molecule has 5 nitrogen and oxygen atoms in total. The van der Waals surface area contributed by atoms with Gasteiger partial charge in [0.1, 0.15) is 5.75 Å². The van der Waals surface area contributed by atoms with Crippen molar-refractivity contribution in [1.82, 2.24) is 10.2 Å². The highest BCUT2D eigenvalue weighted by atomic mass is 16.5. The SMILES string of the molecule is Cc1ccc([C@H]2c3cc(OCC(=O)NCc4ccccc4)ccc3CCN2C(=O)CC(C)C)cc1. The van der Waals surface area contributed by atoms with Gasteiger partial charge in [-0.2, -0.15) is 0 Å². The highest BCUT2D eigenvalue weighted by molar-refractivity contribution is 5.78. The lowest BCUT2D eigenvalue weighted by Gasteiger charge is -2.38. The molecule has 3 aromatic rings. The van der Waals surface area contributed by atoms with E-state index < -0.39 is 0 Å². The number of aryl methyl sites for hydroxylation is 1. The number of ether oxygens (including phenoxy) is 1. The average molecular weight is 471 g/mol. The van der Waals surface area contributed by atoms with Crippen LogP contribution in [0.4, 0.5) is 0 Å². The van der Waals surface area contributed by atoms with Crippen LogP contribution in [0.15, 0.2) is 72.8 Å². The van der Waals surface area contributed by atoms with Crippen LogP contribution in [0.25, 0.3) is 0 Å². The molecule has 1 aliphatic rings. The van der Waals surface area contributed by atoms with E-state index in [1.54, 1.807) is 0 Å². The normalized spacial score (nSPS) is 15.0. The minimum Gasteiger partial charge on any atom is -0.484 e. The van der Waals surface area contributed by atoms with Crippen LogP contribution >= 0.6 is 0 Å². The first-order chi connectivity index (χ1) is 16.9. The molecule has 35 heavy (non-hydrogen) atoms. The molecule has 0 bridgehead atoms. The zero-order valence-electron chi connectivity index (χ0n) is 20.8. The number of amides is 2. The Morgan fingerprint density at radius 3 is 2.49 bits per heavy atom. The number of hydrogen-bond acceptors (Lipinski definition) is 3. The Kier molecular flexibility index (Phi) is 7.86. The van der Waals surface area contributed by atoms with E-state index in [0.29, 0.717) is 31.2 Å². The van der Waals surface area contributed by atoms with E-state index in [0.717, 1.165) is 23.1 Å². The van der Waals surface area contributed by atoms with Crippen molar-refractivity contribution in [3.8, 4) is 5.75 Å². The van der Waals surface area contributed by atoms with Gasteiger partial charge in [-0.05, 0) is 53.6 Å². The predicted molar refractivity (Wildman–Crippen MR) is 138 cm³/mol. The molecule has 0 spiro atoms. The smallest absolute Gasteiger partial charge is 0.258 e. The Morgan fingerprint density at radius 2 is 1.77 bits per heavy atom. The molecule has 1 atom stereocenters. The number of fused-ring (bicyclic) bond motifs is 1. The first-order valence-electron chi connectivity index (χ1n) is 12.3. The maximum atomic E-state index is 13.2. The molecule has 0 radical (unpaired) electrons. The molecule has 1 heterocycles. The van der Waals surface area contributed by atoms with Gasteiger partial charge in [0.05, 0.1) is 6.04 Å². The van der Waals surface area contributed by atoms with E-state index in [1.807, 2.05) is 47.4 Å². The second-order valence-electron chi connectivity index (χ2n) is 9.66. The molecule has 0 fully saturated rings. The van der Waals surface area contributed by atoms with Crippen LogP contribution in [0.2, 0.25) is 0 Å². The third-order valence-electron chi connectivity index (χ3n) is 6.34. The molecule has 1 N–H and O–H groups in total. The molecule has 0 aromatic heterocycles. The minimum atomic E-state index is -0.171. The van der Waals surface area contributed by atoms with Gasteiger partial charge in [0.2, 0.25) is 5.91 Å².